The molecule has 1 unspecified atom stereocenters. The number of hydrogen-bond acceptors (Lipinski definition) is 3. The second kappa shape index (κ2) is 17.9. The van der Waals surface area contributed by atoms with Crippen LogP contribution in [0.5, 0.6) is 5.75 Å². The van der Waals surface area contributed by atoms with Crippen LogP contribution in [0.2, 0.25) is 0 Å². The van der Waals surface area contributed by atoms with Crippen LogP contribution >= 0.6 is 8.25 Å². The highest BCUT2D eigenvalue weighted by molar-refractivity contribution is 7.31. The Morgan fingerprint density at radius 3 is 1.69 bits per heavy atom. The summed E-state index contributed by atoms with van der Waals surface area (Å²) in [6.45, 7) is 5.41. The van der Waals surface area contributed by atoms with Gasteiger partial charge in [0, 0.05) is 0 Å². The summed E-state index contributed by atoms with van der Waals surface area (Å²) in [5.41, 5.74) is 0.812. The molecule has 1 aromatic carbocycles. The summed E-state index contributed by atoms with van der Waals surface area (Å²) < 4.78 is 15.8. The molecule has 0 aliphatic rings. The molecule has 5 heteroatoms. The van der Waals surface area contributed by atoms with E-state index < -0.39 is 8.25 Å². The largest absolute Gasteiger partial charge is 0.558 e. The first kappa shape index (κ1) is 28.0. The average molecular weight is 427 g/mol. The number of benzene rings is 1. The van der Waals surface area contributed by atoms with E-state index >= 15 is 0 Å². The molecule has 0 spiro atoms. The quantitative estimate of drug-likeness (QED) is 0.176. The van der Waals surface area contributed by atoms with Crippen molar-refractivity contribution in [3.8, 4) is 5.75 Å². The Kier molecular flexibility index (Phi) is 17.3. The smallest absolute Gasteiger partial charge is 0.539 e. The van der Waals surface area contributed by atoms with Gasteiger partial charge in [0.25, 0.3) is 0 Å². The number of hydrogen-bond donors (Lipinski definition) is 0. The zero-order chi connectivity index (χ0) is 22.0. The summed E-state index contributed by atoms with van der Waals surface area (Å²) >= 11 is 0. The SMILES string of the molecule is CCCCCCCCCCCCCC[N+](C)(C)C.Cc1ccccc1O[P+](=O)[O-]. The minimum absolute atomic E-state index is 0.392. The Balaban J connectivity index is 0.000000604. The summed E-state index contributed by atoms with van der Waals surface area (Å²) in [4.78, 5) is 10.1. The number of aryl methyl sites for hydroxylation is 1. The van der Waals surface area contributed by atoms with Crippen LogP contribution in [0.1, 0.15) is 89.5 Å². The molecular formula is C24H45NO3P+. The molecule has 0 saturated carbocycles. The maximum atomic E-state index is 10.1. The van der Waals surface area contributed by atoms with Crippen molar-refractivity contribution in [3.63, 3.8) is 0 Å². The zero-order valence-electron chi connectivity index (χ0n) is 19.6. The molecular weight excluding hydrogens is 381 g/mol. The number of para-hydroxylation sites is 1. The van der Waals surface area contributed by atoms with Crippen LogP contribution in [0.3, 0.4) is 0 Å². The standard InChI is InChI=1S/C17H38N.C7H7O3P/c1-5-6-7-8-9-10-11-12-13-14-15-16-17-18(2,3)4;1-6-4-2-3-5-7(6)10-11(8)9/h5-17H2,1-4H3;2-5H,1H3/q+1;. The maximum absolute atomic E-state index is 10.1. The predicted molar refractivity (Wildman–Crippen MR) is 123 cm³/mol. The third kappa shape index (κ3) is 20.1. The van der Waals surface area contributed by atoms with E-state index in [2.05, 4.69) is 32.6 Å². The monoisotopic (exact) mass is 426 g/mol. The van der Waals surface area contributed by atoms with Gasteiger partial charge in [0.1, 0.15) is 0 Å². The molecule has 0 fully saturated rings. The molecule has 1 rings (SSSR count). The van der Waals surface area contributed by atoms with Gasteiger partial charge in [-0.25, -0.2) is 0 Å². The molecule has 29 heavy (non-hydrogen) atoms. The summed E-state index contributed by atoms with van der Waals surface area (Å²) in [5, 5.41) is 0. The van der Waals surface area contributed by atoms with E-state index in [0.717, 1.165) is 10.0 Å². The average Bonchev–Trinajstić information content (AvgIpc) is 2.64. The van der Waals surface area contributed by atoms with Gasteiger partial charge >= 0.3 is 8.25 Å². The zero-order valence-corrected chi connectivity index (χ0v) is 20.5. The maximum Gasteiger partial charge on any atom is 0.539 e. The van der Waals surface area contributed by atoms with Crippen LogP contribution in [0.4, 0.5) is 0 Å². The fourth-order valence-electron chi connectivity index (χ4n) is 3.17. The third-order valence-corrected chi connectivity index (χ3v) is 5.29. The van der Waals surface area contributed by atoms with Crippen molar-refractivity contribution in [1.82, 2.24) is 0 Å². The Morgan fingerprint density at radius 2 is 1.28 bits per heavy atom. The van der Waals surface area contributed by atoms with E-state index in [-0.39, 0.29) is 0 Å². The Morgan fingerprint density at radius 1 is 0.828 bits per heavy atom. The molecule has 0 N–H and O–H groups in total. The summed E-state index contributed by atoms with van der Waals surface area (Å²) in [6, 6.07) is 6.94. The molecule has 0 aliphatic carbocycles. The number of nitrogens with zero attached hydrogens (tertiary/aromatic N) is 1. The lowest BCUT2D eigenvalue weighted by Crippen LogP contribution is -2.35. The summed E-state index contributed by atoms with van der Waals surface area (Å²) in [7, 11) is 4.08. The van der Waals surface area contributed by atoms with Gasteiger partial charge in [0.2, 0.25) is 0 Å². The molecule has 0 saturated heterocycles. The van der Waals surface area contributed by atoms with Crippen molar-refractivity contribution in [3.05, 3.63) is 29.8 Å². The van der Waals surface area contributed by atoms with Crippen molar-refractivity contribution in [1.29, 1.82) is 0 Å². The highest BCUT2D eigenvalue weighted by atomic mass is 31.1. The topological polar surface area (TPSA) is 49.4 Å². The van der Waals surface area contributed by atoms with Crippen LogP contribution in [0, 0.1) is 6.92 Å². The number of unbranched alkanes of at least 4 members (excludes halogenated alkanes) is 11. The Labute approximate surface area is 181 Å². The van der Waals surface area contributed by atoms with Gasteiger partial charge in [-0.15, -0.1) is 0 Å². The molecule has 4 nitrogen and oxygen atoms in total. The van der Waals surface area contributed by atoms with Crippen molar-refractivity contribution in [2.24, 2.45) is 0 Å². The van der Waals surface area contributed by atoms with Crippen LogP contribution in [-0.4, -0.2) is 32.2 Å². The molecule has 0 heterocycles. The Hall–Kier alpha value is -0.960. The number of rotatable bonds is 15. The third-order valence-electron chi connectivity index (χ3n) is 4.95. The van der Waals surface area contributed by atoms with Gasteiger partial charge in [-0.3, -0.25) is 4.52 Å². The normalized spacial score (nSPS) is 11.6. The van der Waals surface area contributed by atoms with Crippen LogP contribution in [0.25, 0.3) is 0 Å². The first-order valence-electron chi connectivity index (χ1n) is 11.4. The van der Waals surface area contributed by atoms with Crippen molar-refractivity contribution < 1.29 is 18.5 Å². The highest BCUT2D eigenvalue weighted by Gasteiger charge is 2.06. The lowest BCUT2D eigenvalue weighted by atomic mass is 10.1. The molecule has 0 radical (unpaired) electrons. The van der Waals surface area contributed by atoms with Gasteiger partial charge in [-0.2, -0.15) is 0 Å². The second-order valence-corrected chi connectivity index (χ2v) is 9.61. The highest BCUT2D eigenvalue weighted by Crippen LogP contribution is 2.23. The van der Waals surface area contributed by atoms with Crippen LogP contribution in [0.15, 0.2) is 24.3 Å². The van der Waals surface area contributed by atoms with E-state index in [1.165, 1.54) is 83.6 Å². The van der Waals surface area contributed by atoms with E-state index in [0.29, 0.717) is 5.75 Å². The van der Waals surface area contributed by atoms with Gasteiger partial charge in [0.05, 0.1) is 27.7 Å². The lowest BCUT2D eigenvalue weighted by Gasteiger charge is -2.23. The van der Waals surface area contributed by atoms with Gasteiger partial charge < -0.3 is 9.38 Å². The van der Waals surface area contributed by atoms with Crippen LogP contribution in [-0.2, 0) is 4.57 Å². The molecule has 168 valence electrons. The van der Waals surface area contributed by atoms with Crippen molar-refractivity contribution in [2.75, 3.05) is 27.7 Å². The first-order chi connectivity index (χ1) is 13.8. The molecule has 0 amide bonds. The van der Waals surface area contributed by atoms with Gasteiger partial charge in [-0.05, 0) is 36.0 Å². The predicted octanol–water partition coefficient (Wildman–Crippen LogP) is 6.79. The van der Waals surface area contributed by atoms with Crippen molar-refractivity contribution in [2.45, 2.75) is 90.9 Å². The fraction of sp³-hybridized carbons (Fsp3) is 0.750. The van der Waals surface area contributed by atoms with E-state index in [1.54, 1.807) is 25.1 Å². The first-order valence-corrected chi connectivity index (χ1v) is 12.5. The number of quaternary nitrogens is 1. The summed E-state index contributed by atoms with van der Waals surface area (Å²) in [6.07, 6.45) is 17.4. The molecule has 0 bridgehead atoms. The molecule has 1 aromatic rings. The van der Waals surface area contributed by atoms with Crippen molar-refractivity contribution >= 4 is 8.25 Å². The van der Waals surface area contributed by atoms with Gasteiger partial charge in [-0.1, -0.05) is 89.3 Å². The Bertz CT molecular complexity index is 529. The second-order valence-electron chi connectivity index (χ2n) is 8.98. The molecule has 1 atom stereocenters. The van der Waals surface area contributed by atoms with Crippen LogP contribution < -0.4 is 9.42 Å². The van der Waals surface area contributed by atoms with Gasteiger partial charge in [0.15, 0.2) is 5.75 Å². The van der Waals surface area contributed by atoms with E-state index in [1.807, 2.05) is 6.07 Å². The molecule has 0 aromatic heterocycles. The van der Waals surface area contributed by atoms with E-state index in [9.17, 15) is 9.46 Å². The minimum Gasteiger partial charge on any atom is -0.558 e. The lowest BCUT2D eigenvalue weighted by molar-refractivity contribution is -0.870. The fourth-order valence-corrected chi connectivity index (χ4v) is 3.53. The van der Waals surface area contributed by atoms with E-state index in [4.69, 9.17) is 0 Å². The minimum atomic E-state index is -2.79. The summed E-state index contributed by atoms with van der Waals surface area (Å²) in [5.74, 6) is 0.392. The molecule has 0 aliphatic heterocycles.